The van der Waals surface area contributed by atoms with E-state index in [9.17, 15) is 0 Å². The summed E-state index contributed by atoms with van der Waals surface area (Å²) in [4.78, 5) is 0. The average molecular weight is 246 g/mol. The highest BCUT2D eigenvalue weighted by Crippen LogP contribution is 2.02. The molecule has 2 rings (SSSR count). The zero-order valence-electron chi connectivity index (χ0n) is 11.5. The molecule has 2 heterocycles. The summed E-state index contributed by atoms with van der Waals surface area (Å²) in [6.45, 7) is 7.10. The summed E-state index contributed by atoms with van der Waals surface area (Å²) in [7, 11) is 2.05. The molecule has 4 heteroatoms. The van der Waals surface area contributed by atoms with Gasteiger partial charge >= 0.3 is 0 Å². The van der Waals surface area contributed by atoms with Crippen LogP contribution < -0.4 is 5.32 Å². The molecule has 0 aliphatic carbocycles. The van der Waals surface area contributed by atoms with E-state index in [0.29, 0.717) is 0 Å². The first-order valence-corrected chi connectivity index (χ1v) is 6.48. The summed E-state index contributed by atoms with van der Waals surface area (Å²) in [6.07, 6.45) is 5.33. The lowest BCUT2D eigenvalue weighted by atomic mass is 10.3. The van der Waals surface area contributed by atoms with Crippen LogP contribution in [0.1, 0.15) is 23.4 Å². The maximum Gasteiger partial charge on any atom is 0.0596 e. The molecule has 0 fully saturated rings. The summed E-state index contributed by atoms with van der Waals surface area (Å²) in [6, 6.07) is 4.27. The molecule has 2 aromatic rings. The lowest BCUT2D eigenvalue weighted by molar-refractivity contribution is 0.532. The largest absolute Gasteiger partial charge is 0.357 e. The van der Waals surface area contributed by atoms with E-state index in [1.165, 1.54) is 11.3 Å². The second-order valence-corrected chi connectivity index (χ2v) is 4.87. The SMILES string of the molecule is Cc1cc(C)n(CCCNCc2ccn(C)c2)n1. The van der Waals surface area contributed by atoms with Crippen molar-refractivity contribution in [3.63, 3.8) is 0 Å². The van der Waals surface area contributed by atoms with Crippen molar-refractivity contribution in [2.24, 2.45) is 7.05 Å². The first-order chi connectivity index (χ1) is 8.65. The van der Waals surface area contributed by atoms with E-state index in [-0.39, 0.29) is 0 Å². The predicted octanol–water partition coefficient (Wildman–Crippen LogP) is 2.02. The fourth-order valence-electron chi connectivity index (χ4n) is 2.15. The number of hydrogen-bond acceptors (Lipinski definition) is 2. The van der Waals surface area contributed by atoms with Crippen molar-refractivity contribution in [1.82, 2.24) is 19.7 Å². The summed E-state index contributed by atoms with van der Waals surface area (Å²) >= 11 is 0. The highest BCUT2D eigenvalue weighted by atomic mass is 15.3. The van der Waals surface area contributed by atoms with Crippen molar-refractivity contribution in [2.75, 3.05) is 6.54 Å². The quantitative estimate of drug-likeness (QED) is 0.791. The third kappa shape index (κ3) is 3.47. The predicted molar refractivity (Wildman–Crippen MR) is 73.4 cm³/mol. The lowest BCUT2D eigenvalue weighted by Gasteiger charge is -2.05. The van der Waals surface area contributed by atoms with Gasteiger partial charge in [-0.3, -0.25) is 4.68 Å². The van der Waals surface area contributed by atoms with Crippen LogP contribution >= 0.6 is 0 Å². The molecular weight excluding hydrogens is 224 g/mol. The smallest absolute Gasteiger partial charge is 0.0596 e. The Morgan fingerprint density at radius 2 is 2.17 bits per heavy atom. The molecule has 2 aromatic heterocycles. The molecule has 0 aromatic carbocycles. The van der Waals surface area contributed by atoms with Gasteiger partial charge in [0.15, 0.2) is 0 Å². The molecule has 0 unspecified atom stereocenters. The Morgan fingerprint density at radius 3 is 2.78 bits per heavy atom. The molecule has 98 valence electrons. The van der Waals surface area contributed by atoms with Crippen molar-refractivity contribution in [3.8, 4) is 0 Å². The van der Waals surface area contributed by atoms with Crippen molar-refractivity contribution in [3.05, 3.63) is 41.5 Å². The van der Waals surface area contributed by atoms with Gasteiger partial charge in [0.1, 0.15) is 0 Å². The fourth-order valence-corrected chi connectivity index (χ4v) is 2.15. The summed E-state index contributed by atoms with van der Waals surface area (Å²) < 4.78 is 4.16. The van der Waals surface area contributed by atoms with Crippen LogP contribution in [0.5, 0.6) is 0 Å². The molecule has 0 amide bonds. The van der Waals surface area contributed by atoms with Gasteiger partial charge in [0.2, 0.25) is 0 Å². The first-order valence-electron chi connectivity index (χ1n) is 6.48. The van der Waals surface area contributed by atoms with E-state index in [1.54, 1.807) is 0 Å². The van der Waals surface area contributed by atoms with Gasteiger partial charge in [-0.15, -0.1) is 0 Å². The van der Waals surface area contributed by atoms with E-state index in [4.69, 9.17) is 0 Å². The van der Waals surface area contributed by atoms with Gasteiger partial charge in [0.05, 0.1) is 5.69 Å². The molecule has 0 bridgehead atoms. The van der Waals surface area contributed by atoms with E-state index in [1.807, 2.05) is 14.0 Å². The Bertz CT molecular complexity index is 496. The second kappa shape index (κ2) is 5.87. The van der Waals surface area contributed by atoms with Crippen LogP contribution in [0, 0.1) is 13.8 Å². The van der Waals surface area contributed by atoms with Crippen LogP contribution in [0.25, 0.3) is 0 Å². The average Bonchev–Trinajstić information content (AvgIpc) is 2.85. The van der Waals surface area contributed by atoms with Gasteiger partial charge < -0.3 is 9.88 Å². The second-order valence-electron chi connectivity index (χ2n) is 4.87. The Morgan fingerprint density at radius 1 is 1.33 bits per heavy atom. The van der Waals surface area contributed by atoms with Crippen molar-refractivity contribution >= 4 is 0 Å². The van der Waals surface area contributed by atoms with Gasteiger partial charge in [-0.25, -0.2) is 0 Å². The number of nitrogens with one attached hydrogen (secondary N) is 1. The Hall–Kier alpha value is -1.55. The van der Waals surface area contributed by atoms with E-state index < -0.39 is 0 Å². The minimum absolute atomic E-state index is 0.942. The molecular formula is C14H22N4. The van der Waals surface area contributed by atoms with Crippen LogP contribution in [0.3, 0.4) is 0 Å². The number of nitrogens with zero attached hydrogens (tertiary/aromatic N) is 3. The van der Waals surface area contributed by atoms with Crippen LogP contribution in [0.2, 0.25) is 0 Å². The summed E-state index contributed by atoms with van der Waals surface area (Å²) in [5, 5.41) is 7.91. The van der Waals surface area contributed by atoms with Gasteiger partial charge in [-0.05, 0) is 44.5 Å². The van der Waals surface area contributed by atoms with Crippen molar-refractivity contribution in [2.45, 2.75) is 33.4 Å². The molecule has 0 saturated heterocycles. The van der Waals surface area contributed by atoms with Crippen LogP contribution in [-0.4, -0.2) is 20.9 Å². The van der Waals surface area contributed by atoms with Crippen LogP contribution in [-0.2, 0) is 20.1 Å². The third-order valence-electron chi connectivity index (χ3n) is 3.05. The lowest BCUT2D eigenvalue weighted by Crippen LogP contribution is -2.17. The summed E-state index contributed by atoms with van der Waals surface area (Å²) in [5.74, 6) is 0. The topological polar surface area (TPSA) is 34.8 Å². The number of aromatic nitrogens is 3. The number of hydrogen-bond donors (Lipinski definition) is 1. The molecule has 0 spiro atoms. The van der Waals surface area contributed by atoms with E-state index in [2.05, 4.69) is 51.1 Å². The zero-order valence-corrected chi connectivity index (χ0v) is 11.5. The molecule has 4 nitrogen and oxygen atoms in total. The standard InChI is InChI=1S/C14H22N4/c1-12-9-13(2)18(16-12)7-4-6-15-10-14-5-8-17(3)11-14/h5,8-9,11,15H,4,6-7,10H2,1-3H3. The Balaban J connectivity index is 1.66. The molecule has 0 atom stereocenters. The first kappa shape index (κ1) is 12.9. The Labute approximate surface area is 109 Å². The van der Waals surface area contributed by atoms with Gasteiger partial charge in [-0.1, -0.05) is 0 Å². The summed E-state index contributed by atoms with van der Waals surface area (Å²) in [5.41, 5.74) is 3.68. The molecule has 0 radical (unpaired) electrons. The van der Waals surface area contributed by atoms with E-state index in [0.717, 1.165) is 31.7 Å². The number of rotatable bonds is 6. The minimum atomic E-state index is 0.942. The maximum atomic E-state index is 4.45. The normalized spacial score (nSPS) is 11.1. The molecule has 0 saturated carbocycles. The minimum Gasteiger partial charge on any atom is -0.357 e. The fraction of sp³-hybridized carbons (Fsp3) is 0.500. The van der Waals surface area contributed by atoms with Crippen LogP contribution in [0.4, 0.5) is 0 Å². The monoisotopic (exact) mass is 246 g/mol. The molecule has 1 N–H and O–H groups in total. The van der Waals surface area contributed by atoms with Gasteiger partial charge in [-0.2, -0.15) is 5.10 Å². The molecule has 0 aliphatic rings. The highest BCUT2D eigenvalue weighted by Gasteiger charge is 2.00. The maximum absolute atomic E-state index is 4.45. The van der Waals surface area contributed by atoms with Crippen molar-refractivity contribution < 1.29 is 0 Å². The van der Waals surface area contributed by atoms with E-state index >= 15 is 0 Å². The highest BCUT2D eigenvalue weighted by molar-refractivity contribution is 5.09. The zero-order chi connectivity index (χ0) is 13.0. The number of aryl methyl sites for hydroxylation is 4. The van der Waals surface area contributed by atoms with Gasteiger partial charge in [0, 0.05) is 38.2 Å². The van der Waals surface area contributed by atoms with Gasteiger partial charge in [0.25, 0.3) is 0 Å². The third-order valence-corrected chi connectivity index (χ3v) is 3.05. The molecule has 0 aliphatic heterocycles. The molecule has 18 heavy (non-hydrogen) atoms. The van der Waals surface area contributed by atoms with Crippen LogP contribution in [0.15, 0.2) is 24.5 Å². The van der Waals surface area contributed by atoms with Crippen molar-refractivity contribution in [1.29, 1.82) is 0 Å². The Kier molecular flexibility index (Phi) is 4.20.